The minimum atomic E-state index is -0.875. The van der Waals surface area contributed by atoms with Crippen molar-refractivity contribution in [1.82, 2.24) is 5.32 Å². The normalized spacial score (nSPS) is 12.5. The third-order valence-electron chi connectivity index (χ3n) is 3.56. The minimum absolute atomic E-state index is 0.00134. The summed E-state index contributed by atoms with van der Waals surface area (Å²) in [7, 11) is 0. The Morgan fingerprint density at radius 3 is 2.28 bits per heavy atom. The summed E-state index contributed by atoms with van der Waals surface area (Å²) < 4.78 is 0. The van der Waals surface area contributed by atoms with E-state index in [1.54, 1.807) is 0 Å². The fourth-order valence-corrected chi connectivity index (χ4v) is 2.07. The van der Waals surface area contributed by atoms with Crippen molar-refractivity contribution in [3.05, 3.63) is 0 Å². The molecule has 0 bridgehead atoms. The van der Waals surface area contributed by atoms with Crippen LogP contribution in [0, 0.1) is 5.41 Å². The lowest BCUT2D eigenvalue weighted by molar-refractivity contribution is -0.128. The molecule has 0 rings (SSSR count). The highest BCUT2D eigenvalue weighted by Gasteiger charge is 2.39. The molecule has 0 saturated heterocycles. The maximum absolute atomic E-state index is 12.2. The van der Waals surface area contributed by atoms with Gasteiger partial charge in [-0.3, -0.25) is 4.79 Å². The number of nitrogens with two attached hydrogens (primary N) is 1. The molecule has 0 aromatic heterocycles. The monoisotopic (exact) mass is 257 g/mol. The van der Waals surface area contributed by atoms with Crippen LogP contribution in [0.5, 0.6) is 0 Å². The standard InChI is InChI=1S/C13H27N3O2/c1-4-7-8-9-10-15-12(17)13(5-2,6-3)11(14)16-18/h18H,4-10H2,1-3H3,(H2,14,16)(H,15,17). The topological polar surface area (TPSA) is 87.7 Å². The van der Waals surface area contributed by atoms with E-state index >= 15 is 0 Å². The summed E-state index contributed by atoms with van der Waals surface area (Å²) in [4.78, 5) is 12.2. The van der Waals surface area contributed by atoms with Gasteiger partial charge >= 0.3 is 0 Å². The summed E-state index contributed by atoms with van der Waals surface area (Å²) in [6.45, 7) is 6.55. The zero-order chi connectivity index (χ0) is 14.0. The van der Waals surface area contributed by atoms with Crippen LogP contribution in [0.1, 0.15) is 59.3 Å². The number of hydrogen-bond donors (Lipinski definition) is 3. The van der Waals surface area contributed by atoms with Gasteiger partial charge in [0.15, 0.2) is 5.84 Å². The van der Waals surface area contributed by atoms with Crippen LogP contribution in [0.15, 0.2) is 5.16 Å². The molecule has 0 aromatic carbocycles. The van der Waals surface area contributed by atoms with E-state index in [-0.39, 0.29) is 11.7 Å². The number of nitrogens with zero attached hydrogens (tertiary/aromatic N) is 1. The van der Waals surface area contributed by atoms with E-state index in [4.69, 9.17) is 10.9 Å². The minimum Gasteiger partial charge on any atom is -0.409 e. The number of carbonyl (C=O) groups excluding carboxylic acids is 1. The number of amidine groups is 1. The van der Waals surface area contributed by atoms with Gasteiger partial charge in [-0.25, -0.2) is 0 Å². The van der Waals surface area contributed by atoms with E-state index < -0.39 is 5.41 Å². The number of oxime groups is 1. The number of hydrogen-bond acceptors (Lipinski definition) is 3. The summed E-state index contributed by atoms with van der Waals surface area (Å²) in [5, 5.41) is 14.7. The van der Waals surface area contributed by atoms with Gasteiger partial charge in [-0.15, -0.1) is 0 Å². The molecule has 1 amide bonds. The van der Waals surface area contributed by atoms with Crippen LogP contribution >= 0.6 is 0 Å². The lowest BCUT2D eigenvalue weighted by atomic mass is 9.80. The van der Waals surface area contributed by atoms with Crippen LogP contribution in [0.25, 0.3) is 0 Å². The third-order valence-corrected chi connectivity index (χ3v) is 3.56. The van der Waals surface area contributed by atoms with Gasteiger partial charge in [0.25, 0.3) is 0 Å². The molecule has 0 atom stereocenters. The summed E-state index contributed by atoms with van der Waals surface area (Å²) in [5.41, 5.74) is 4.79. The maximum atomic E-state index is 12.2. The molecule has 4 N–H and O–H groups in total. The van der Waals surface area contributed by atoms with E-state index in [1.165, 1.54) is 12.8 Å². The Labute approximate surface area is 110 Å². The largest absolute Gasteiger partial charge is 0.409 e. The summed E-state index contributed by atoms with van der Waals surface area (Å²) >= 11 is 0. The van der Waals surface area contributed by atoms with E-state index in [2.05, 4.69) is 17.4 Å². The Bertz CT molecular complexity index is 273. The Balaban J connectivity index is 4.41. The SMILES string of the molecule is CCCCCCNC(=O)C(CC)(CC)C(N)=NO. The van der Waals surface area contributed by atoms with Gasteiger partial charge in [0, 0.05) is 6.54 Å². The van der Waals surface area contributed by atoms with Gasteiger partial charge in [0.05, 0.1) is 0 Å². The van der Waals surface area contributed by atoms with Gasteiger partial charge < -0.3 is 16.3 Å². The Morgan fingerprint density at radius 2 is 1.83 bits per heavy atom. The second-order valence-corrected chi connectivity index (χ2v) is 4.59. The fourth-order valence-electron chi connectivity index (χ4n) is 2.07. The van der Waals surface area contributed by atoms with Gasteiger partial charge in [-0.2, -0.15) is 0 Å². The van der Waals surface area contributed by atoms with Gasteiger partial charge in [0.2, 0.25) is 5.91 Å². The highest BCUT2D eigenvalue weighted by atomic mass is 16.4. The zero-order valence-corrected chi connectivity index (χ0v) is 11.8. The Kier molecular flexibility index (Phi) is 8.16. The predicted molar refractivity (Wildman–Crippen MR) is 73.6 cm³/mol. The van der Waals surface area contributed by atoms with Crippen molar-refractivity contribution in [2.24, 2.45) is 16.3 Å². The second-order valence-electron chi connectivity index (χ2n) is 4.59. The molecule has 0 aliphatic rings. The first-order valence-electron chi connectivity index (χ1n) is 6.85. The van der Waals surface area contributed by atoms with Crippen LogP contribution in [-0.4, -0.2) is 23.5 Å². The molecule has 106 valence electrons. The van der Waals surface area contributed by atoms with Crippen LogP contribution in [0.2, 0.25) is 0 Å². The highest BCUT2D eigenvalue weighted by molar-refractivity contribution is 6.06. The molecule has 5 heteroatoms. The molecule has 0 heterocycles. The first kappa shape index (κ1) is 16.7. The summed E-state index contributed by atoms with van der Waals surface area (Å²) in [6.07, 6.45) is 5.50. The molecular weight excluding hydrogens is 230 g/mol. The van der Waals surface area contributed by atoms with Gasteiger partial charge in [-0.1, -0.05) is 45.2 Å². The third kappa shape index (κ3) is 4.20. The smallest absolute Gasteiger partial charge is 0.233 e. The molecule has 0 fully saturated rings. The van der Waals surface area contributed by atoms with Crippen molar-refractivity contribution in [2.45, 2.75) is 59.3 Å². The molecular formula is C13H27N3O2. The molecule has 0 radical (unpaired) electrons. The molecule has 0 spiro atoms. The van der Waals surface area contributed by atoms with Crippen molar-refractivity contribution >= 4 is 11.7 Å². The van der Waals surface area contributed by atoms with Crippen molar-refractivity contribution in [3.8, 4) is 0 Å². The first-order valence-corrected chi connectivity index (χ1v) is 6.85. The summed E-state index contributed by atoms with van der Waals surface area (Å²) in [5.74, 6) is -0.141. The highest BCUT2D eigenvalue weighted by Crippen LogP contribution is 2.26. The average Bonchev–Trinajstić information content (AvgIpc) is 2.40. The van der Waals surface area contributed by atoms with Crippen LogP contribution in [0.3, 0.4) is 0 Å². The van der Waals surface area contributed by atoms with Gasteiger partial charge in [-0.05, 0) is 19.3 Å². The lowest BCUT2D eigenvalue weighted by Gasteiger charge is -2.28. The summed E-state index contributed by atoms with van der Waals surface area (Å²) in [6, 6.07) is 0. The number of unbranched alkanes of at least 4 members (excludes halogenated alkanes) is 3. The van der Waals surface area contributed by atoms with Gasteiger partial charge in [0.1, 0.15) is 5.41 Å². The Morgan fingerprint density at radius 1 is 1.22 bits per heavy atom. The van der Waals surface area contributed by atoms with Crippen LogP contribution < -0.4 is 11.1 Å². The molecule has 0 aliphatic carbocycles. The van der Waals surface area contributed by atoms with E-state index in [9.17, 15) is 4.79 Å². The van der Waals surface area contributed by atoms with Crippen molar-refractivity contribution in [1.29, 1.82) is 0 Å². The number of nitrogens with one attached hydrogen (secondary N) is 1. The average molecular weight is 257 g/mol. The van der Waals surface area contributed by atoms with E-state index in [1.807, 2.05) is 13.8 Å². The molecule has 18 heavy (non-hydrogen) atoms. The lowest BCUT2D eigenvalue weighted by Crippen LogP contribution is -2.49. The van der Waals surface area contributed by atoms with Crippen molar-refractivity contribution < 1.29 is 10.0 Å². The maximum Gasteiger partial charge on any atom is 0.233 e. The van der Waals surface area contributed by atoms with E-state index in [0.717, 1.165) is 12.8 Å². The van der Waals surface area contributed by atoms with E-state index in [0.29, 0.717) is 19.4 Å². The number of amides is 1. The van der Waals surface area contributed by atoms with Crippen molar-refractivity contribution in [2.75, 3.05) is 6.54 Å². The predicted octanol–water partition coefficient (Wildman–Crippen LogP) is 2.24. The quantitative estimate of drug-likeness (QED) is 0.195. The second kappa shape index (κ2) is 8.78. The number of rotatable bonds is 9. The van der Waals surface area contributed by atoms with Crippen LogP contribution in [0.4, 0.5) is 0 Å². The fraction of sp³-hybridized carbons (Fsp3) is 0.846. The number of carbonyl (C=O) groups is 1. The van der Waals surface area contributed by atoms with Crippen LogP contribution in [-0.2, 0) is 4.79 Å². The zero-order valence-electron chi connectivity index (χ0n) is 11.8. The molecule has 0 aromatic rings. The molecule has 0 saturated carbocycles. The van der Waals surface area contributed by atoms with Crippen molar-refractivity contribution in [3.63, 3.8) is 0 Å². The molecule has 5 nitrogen and oxygen atoms in total. The molecule has 0 unspecified atom stereocenters. The molecule has 0 aliphatic heterocycles. The Hall–Kier alpha value is -1.26. The first-order chi connectivity index (χ1) is 8.58.